The molecule has 0 bridgehead atoms. The van der Waals surface area contributed by atoms with Crippen molar-refractivity contribution in [3.8, 4) is 0 Å². The lowest BCUT2D eigenvalue weighted by Crippen LogP contribution is -2.20. The molecule has 0 aromatic carbocycles. The summed E-state index contributed by atoms with van der Waals surface area (Å²) >= 11 is 3.94. The van der Waals surface area contributed by atoms with E-state index < -0.39 is 0 Å². The Morgan fingerprint density at radius 2 is 2.43 bits per heavy atom. The highest BCUT2D eigenvalue weighted by Gasteiger charge is 2.16. The van der Waals surface area contributed by atoms with Crippen molar-refractivity contribution in [1.29, 1.82) is 0 Å². The molecule has 1 amide bonds. The molecule has 2 N–H and O–H groups in total. The molecule has 0 aromatic heterocycles. The van der Waals surface area contributed by atoms with Gasteiger partial charge in [0.2, 0.25) is 0 Å². The Morgan fingerprint density at radius 1 is 1.71 bits per heavy atom. The number of hydrogen-bond acceptors (Lipinski definition) is 3. The van der Waals surface area contributed by atoms with Crippen LogP contribution in [0.25, 0.3) is 0 Å². The maximum absolute atomic E-state index is 11.1. The number of nitrogens with one attached hydrogen (secondary N) is 2. The lowest BCUT2D eigenvalue weighted by atomic mass is 10.3. The van der Waals surface area contributed by atoms with E-state index in [0.717, 1.165) is 5.70 Å². The fraction of sp³-hybridized carbons (Fsp3) is 0.333. The van der Waals surface area contributed by atoms with Crippen molar-refractivity contribution in [3.63, 3.8) is 0 Å². The van der Waals surface area contributed by atoms with E-state index in [-0.39, 0.29) is 5.91 Å². The molecule has 4 nitrogen and oxygen atoms in total. The molecule has 76 valence electrons. The minimum atomic E-state index is -0.199. The van der Waals surface area contributed by atoms with Crippen molar-refractivity contribution in [2.75, 3.05) is 6.54 Å². The number of hydrogen-bond donors (Lipinski definition) is 3. The van der Waals surface area contributed by atoms with Gasteiger partial charge in [-0.05, 0) is 19.9 Å². The predicted octanol–water partition coefficient (Wildman–Crippen LogP) is 0.799. The number of allylic oxidation sites excluding steroid dienone is 2. The number of amidine groups is 1. The van der Waals surface area contributed by atoms with Crippen LogP contribution in [0, 0.1) is 0 Å². The first-order valence-electron chi connectivity index (χ1n) is 4.29. The van der Waals surface area contributed by atoms with Crippen LogP contribution in [0.2, 0.25) is 0 Å². The lowest BCUT2D eigenvalue weighted by molar-refractivity contribution is -0.115. The number of thiol groups is 1. The minimum Gasteiger partial charge on any atom is -0.385 e. The fourth-order valence-corrected chi connectivity index (χ4v) is 1.12. The Morgan fingerprint density at radius 3 is 2.93 bits per heavy atom. The smallest absolute Gasteiger partial charge is 0.275 e. The second kappa shape index (κ2) is 4.85. The highest BCUT2D eigenvalue weighted by molar-refractivity contribution is 7.97. The third-order valence-corrected chi connectivity index (χ3v) is 2.01. The molecule has 1 aliphatic heterocycles. The van der Waals surface area contributed by atoms with E-state index in [9.17, 15) is 4.79 Å². The van der Waals surface area contributed by atoms with Crippen molar-refractivity contribution in [3.05, 3.63) is 23.5 Å². The number of nitrogens with zero attached hydrogens (tertiary/aromatic N) is 1. The van der Waals surface area contributed by atoms with Crippen molar-refractivity contribution in [2.24, 2.45) is 4.99 Å². The Kier molecular flexibility index (Phi) is 3.76. The molecule has 1 aliphatic rings. The normalized spacial score (nSPS) is 19.6. The standard InChI is InChI=1S/C9H13N3OS/c1-3-6(2)10-5-4-7-8(13)12-9(14)11-7/h3-4,10H,5H2,1-2H3,(H2,11,12,13,14)/b6-3+,7-4-. The van der Waals surface area contributed by atoms with Gasteiger partial charge >= 0.3 is 0 Å². The van der Waals surface area contributed by atoms with E-state index in [4.69, 9.17) is 0 Å². The number of amides is 1. The van der Waals surface area contributed by atoms with Gasteiger partial charge in [-0.25, -0.2) is 4.99 Å². The summed E-state index contributed by atoms with van der Waals surface area (Å²) in [5.41, 5.74) is 1.47. The van der Waals surface area contributed by atoms with E-state index in [1.165, 1.54) is 0 Å². The molecule has 14 heavy (non-hydrogen) atoms. The highest BCUT2D eigenvalue weighted by Crippen LogP contribution is 2.05. The number of carbonyl (C=O) groups excluding carboxylic acids is 1. The first-order valence-corrected chi connectivity index (χ1v) is 4.74. The molecule has 0 spiro atoms. The summed E-state index contributed by atoms with van der Waals surface area (Å²) in [4.78, 5) is 15.1. The predicted molar refractivity (Wildman–Crippen MR) is 60.1 cm³/mol. The Labute approximate surface area is 88.6 Å². The van der Waals surface area contributed by atoms with Crippen LogP contribution in [0.5, 0.6) is 0 Å². The zero-order chi connectivity index (χ0) is 10.6. The molecule has 1 heterocycles. The van der Waals surface area contributed by atoms with Crippen molar-refractivity contribution < 1.29 is 4.79 Å². The zero-order valence-corrected chi connectivity index (χ0v) is 9.06. The second-order valence-electron chi connectivity index (χ2n) is 2.83. The van der Waals surface area contributed by atoms with Crippen LogP contribution in [0.1, 0.15) is 13.8 Å². The first kappa shape index (κ1) is 10.8. The maximum Gasteiger partial charge on any atom is 0.275 e. The molecule has 0 atom stereocenters. The fourth-order valence-electron chi connectivity index (χ4n) is 0.907. The van der Waals surface area contributed by atoms with Crippen LogP contribution in [0.15, 0.2) is 28.5 Å². The summed E-state index contributed by atoms with van der Waals surface area (Å²) in [6.45, 7) is 4.49. The number of rotatable bonds is 3. The van der Waals surface area contributed by atoms with E-state index in [1.54, 1.807) is 6.08 Å². The Hall–Kier alpha value is -1.23. The maximum atomic E-state index is 11.1. The molecule has 1 rings (SSSR count). The van der Waals surface area contributed by atoms with Crippen molar-refractivity contribution in [2.45, 2.75) is 13.8 Å². The van der Waals surface area contributed by atoms with Crippen molar-refractivity contribution in [1.82, 2.24) is 10.6 Å². The summed E-state index contributed by atoms with van der Waals surface area (Å²) in [6.07, 6.45) is 3.69. The first-order chi connectivity index (χ1) is 6.63. The van der Waals surface area contributed by atoms with Gasteiger partial charge in [0.15, 0.2) is 5.17 Å². The van der Waals surface area contributed by atoms with Crippen LogP contribution >= 0.6 is 12.6 Å². The molecule has 0 saturated heterocycles. The zero-order valence-electron chi connectivity index (χ0n) is 8.16. The Bertz CT molecular complexity index is 331. The van der Waals surface area contributed by atoms with Crippen LogP contribution in [0.3, 0.4) is 0 Å². The summed E-state index contributed by atoms with van der Waals surface area (Å²) in [6, 6.07) is 0. The minimum absolute atomic E-state index is 0.199. The van der Waals surface area contributed by atoms with Crippen LogP contribution < -0.4 is 10.6 Å². The van der Waals surface area contributed by atoms with Crippen molar-refractivity contribution >= 4 is 23.7 Å². The average molecular weight is 211 g/mol. The molecular weight excluding hydrogens is 198 g/mol. The Balaban J connectivity index is 2.50. The van der Waals surface area contributed by atoms with Gasteiger partial charge in [0, 0.05) is 12.2 Å². The van der Waals surface area contributed by atoms with Crippen LogP contribution in [0.4, 0.5) is 0 Å². The second-order valence-corrected chi connectivity index (χ2v) is 3.26. The van der Waals surface area contributed by atoms with Gasteiger partial charge in [0.05, 0.1) is 0 Å². The molecule has 0 radical (unpaired) electrons. The summed E-state index contributed by atoms with van der Waals surface area (Å²) in [5, 5.41) is 5.94. The number of aliphatic imine (C=N–C) groups is 1. The quantitative estimate of drug-likeness (QED) is 0.478. The molecule has 0 aliphatic carbocycles. The van der Waals surface area contributed by atoms with Gasteiger partial charge in [-0.2, -0.15) is 0 Å². The summed E-state index contributed by atoms with van der Waals surface area (Å²) in [5.74, 6) is -0.199. The van der Waals surface area contributed by atoms with Gasteiger partial charge in [0.25, 0.3) is 5.91 Å². The SMILES string of the molecule is C/C=C(\C)NC/C=C1\N=C(S)NC1=O. The van der Waals surface area contributed by atoms with E-state index >= 15 is 0 Å². The average Bonchev–Trinajstić information content (AvgIpc) is 2.45. The van der Waals surface area contributed by atoms with Gasteiger partial charge in [-0.1, -0.05) is 6.08 Å². The van der Waals surface area contributed by atoms with Gasteiger partial charge < -0.3 is 5.32 Å². The highest BCUT2D eigenvalue weighted by atomic mass is 32.1. The molecular formula is C9H13N3OS. The summed E-state index contributed by atoms with van der Waals surface area (Å²) < 4.78 is 0. The van der Waals surface area contributed by atoms with Gasteiger partial charge in [-0.3, -0.25) is 10.1 Å². The molecule has 0 saturated carbocycles. The molecule has 0 fully saturated rings. The largest absolute Gasteiger partial charge is 0.385 e. The van der Waals surface area contributed by atoms with Gasteiger partial charge in [0.1, 0.15) is 5.70 Å². The summed E-state index contributed by atoms with van der Waals surface area (Å²) in [7, 11) is 0. The molecule has 5 heteroatoms. The third-order valence-electron chi connectivity index (χ3n) is 1.79. The lowest BCUT2D eigenvalue weighted by Gasteiger charge is -2.01. The monoisotopic (exact) mass is 211 g/mol. The van der Waals surface area contributed by atoms with Crippen LogP contribution in [-0.2, 0) is 4.79 Å². The molecule has 0 unspecified atom stereocenters. The van der Waals surface area contributed by atoms with Crippen LogP contribution in [-0.4, -0.2) is 17.6 Å². The van der Waals surface area contributed by atoms with E-state index in [2.05, 4.69) is 28.3 Å². The molecule has 0 aromatic rings. The van der Waals surface area contributed by atoms with E-state index in [1.807, 2.05) is 19.9 Å². The van der Waals surface area contributed by atoms with E-state index in [0.29, 0.717) is 17.4 Å². The van der Waals surface area contributed by atoms with Gasteiger partial charge in [-0.15, -0.1) is 12.6 Å². The topological polar surface area (TPSA) is 53.5 Å². The number of carbonyl (C=O) groups is 1. The third kappa shape index (κ3) is 2.92.